The summed E-state index contributed by atoms with van der Waals surface area (Å²) in [5, 5.41) is 9.95. The van der Waals surface area contributed by atoms with Crippen molar-refractivity contribution < 1.29 is 38.4 Å². The van der Waals surface area contributed by atoms with E-state index < -0.39 is 12.3 Å². The largest absolute Gasteiger partial charge is 0.513 e. The summed E-state index contributed by atoms with van der Waals surface area (Å²) < 4.78 is 25.1. The number of aromatic hydroxyl groups is 1. The van der Waals surface area contributed by atoms with Crippen LogP contribution in [0.2, 0.25) is 0 Å². The molecule has 2 aromatic rings. The molecule has 0 heterocycles. The van der Waals surface area contributed by atoms with Gasteiger partial charge < -0.3 is 28.8 Å². The van der Waals surface area contributed by atoms with Crippen molar-refractivity contribution in [3.05, 3.63) is 41.5 Å². The second-order valence-electron chi connectivity index (χ2n) is 5.96. The smallest absolute Gasteiger partial charge is 0.508 e. The van der Waals surface area contributed by atoms with Gasteiger partial charge in [-0.1, -0.05) is 19.1 Å². The van der Waals surface area contributed by atoms with E-state index in [2.05, 4.69) is 9.47 Å². The minimum absolute atomic E-state index is 0.0529. The van der Waals surface area contributed by atoms with Crippen molar-refractivity contribution in [2.24, 2.45) is 0 Å². The van der Waals surface area contributed by atoms with Crippen molar-refractivity contribution >= 4 is 12.3 Å². The Bertz CT molecular complexity index is 875. The van der Waals surface area contributed by atoms with Gasteiger partial charge in [0.1, 0.15) is 17.2 Å². The zero-order chi connectivity index (χ0) is 21.4. The summed E-state index contributed by atoms with van der Waals surface area (Å²) in [5.74, 6) is 0.370. The molecule has 0 radical (unpaired) electrons. The molecular formula is C21H24O8. The maximum absolute atomic E-state index is 11.9. The summed E-state index contributed by atoms with van der Waals surface area (Å²) in [5.41, 5.74) is 2.66. The number of ether oxygens (including phenoxy) is 5. The van der Waals surface area contributed by atoms with E-state index in [4.69, 9.17) is 14.2 Å². The van der Waals surface area contributed by atoms with Gasteiger partial charge in [-0.3, -0.25) is 0 Å². The van der Waals surface area contributed by atoms with Crippen LogP contribution in [0.15, 0.2) is 30.3 Å². The second kappa shape index (κ2) is 10.3. The van der Waals surface area contributed by atoms with Crippen LogP contribution in [0.25, 0.3) is 11.1 Å². The lowest BCUT2D eigenvalue weighted by atomic mass is 9.90. The third-order valence-corrected chi connectivity index (χ3v) is 4.24. The van der Waals surface area contributed by atoms with Crippen LogP contribution in [0.1, 0.15) is 18.1 Å². The number of hydrogen-bond donors (Lipinski definition) is 1. The number of hydrogen-bond acceptors (Lipinski definition) is 8. The van der Waals surface area contributed by atoms with E-state index in [1.165, 1.54) is 26.4 Å². The molecule has 156 valence electrons. The lowest BCUT2D eigenvalue weighted by Gasteiger charge is -2.21. The first-order valence-corrected chi connectivity index (χ1v) is 8.93. The quantitative estimate of drug-likeness (QED) is 0.544. The summed E-state index contributed by atoms with van der Waals surface area (Å²) >= 11 is 0. The topological polar surface area (TPSA) is 101 Å². The van der Waals surface area contributed by atoms with Crippen LogP contribution in [0.4, 0.5) is 9.59 Å². The molecule has 2 rings (SSSR count). The molecule has 8 heteroatoms. The van der Waals surface area contributed by atoms with Gasteiger partial charge in [-0.15, -0.1) is 0 Å². The van der Waals surface area contributed by atoms with Crippen molar-refractivity contribution in [3.63, 3.8) is 0 Å². The molecule has 1 N–H and O–H groups in total. The molecule has 8 nitrogen and oxygen atoms in total. The van der Waals surface area contributed by atoms with Crippen LogP contribution in [0.5, 0.6) is 17.2 Å². The van der Waals surface area contributed by atoms with Gasteiger partial charge in [-0.2, -0.15) is 0 Å². The third kappa shape index (κ3) is 5.39. The highest BCUT2D eigenvalue weighted by Crippen LogP contribution is 2.42. The van der Waals surface area contributed by atoms with E-state index in [0.29, 0.717) is 30.6 Å². The Morgan fingerprint density at radius 1 is 0.931 bits per heavy atom. The van der Waals surface area contributed by atoms with Crippen molar-refractivity contribution in [1.29, 1.82) is 0 Å². The summed E-state index contributed by atoms with van der Waals surface area (Å²) in [7, 11) is 3.96. The number of rotatable bonds is 7. The second-order valence-corrected chi connectivity index (χ2v) is 5.96. The van der Waals surface area contributed by atoms with E-state index in [9.17, 15) is 14.7 Å². The Hall–Kier alpha value is -3.26. The number of benzene rings is 2. The van der Waals surface area contributed by atoms with E-state index in [0.717, 1.165) is 11.1 Å². The number of methoxy groups -OCH3 is 3. The first kappa shape index (κ1) is 22.0. The average Bonchev–Trinajstić information content (AvgIpc) is 2.71. The van der Waals surface area contributed by atoms with Crippen LogP contribution >= 0.6 is 0 Å². The van der Waals surface area contributed by atoms with E-state index >= 15 is 0 Å². The van der Waals surface area contributed by atoms with Gasteiger partial charge in [0, 0.05) is 18.7 Å². The first-order valence-electron chi connectivity index (χ1n) is 8.93. The van der Waals surface area contributed by atoms with Gasteiger partial charge >= 0.3 is 12.3 Å². The normalized spacial score (nSPS) is 10.3. The maximum atomic E-state index is 11.9. The first-order chi connectivity index (χ1) is 13.9. The van der Waals surface area contributed by atoms with Crippen LogP contribution in [0.3, 0.4) is 0 Å². The zero-order valence-electron chi connectivity index (χ0n) is 16.8. The fraction of sp³-hybridized carbons (Fsp3) is 0.333. The van der Waals surface area contributed by atoms with Gasteiger partial charge in [-0.05, 0) is 41.7 Å². The molecule has 0 unspecified atom stereocenters. The SMILES string of the molecule is CCc1c(OC(=O)OC)cc(OC(=O)OC)c(-c2cccc(O)c2)c1CCOC. The fourth-order valence-corrected chi connectivity index (χ4v) is 3.01. The molecule has 0 aliphatic rings. The monoisotopic (exact) mass is 404 g/mol. The Labute approximate surface area is 168 Å². The Balaban J connectivity index is 2.80. The maximum Gasteiger partial charge on any atom is 0.513 e. The molecule has 2 aromatic carbocycles. The fourth-order valence-electron chi connectivity index (χ4n) is 3.01. The van der Waals surface area contributed by atoms with E-state index in [1.54, 1.807) is 25.3 Å². The summed E-state index contributed by atoms with van der Waals surface area (Å²) in [6.07, 6.45) is -0.861. The molecule has 0 aromatic heterocycles. The highest BCUT2D eigenvalue weighted by molar-refractivity contribution is 5.81. The number of carbonyl (C=O) groups excluding carboxylic acids is 2. The average molecular weight is 404 g/mol. The van der Waals surface area contributed by atoms with Crippen molar-refractivity contribution in [2.75, 3.05) is 27.9 Å². The molecule has 29 heavy (non-hydrogen) atoms. The lowest BCUT2D eigenvalue weighted by molar-refractivity contribution is 0.119. The molecule has 0 aliphatic heterocycles. The molecule has 0 bridgehead atoms. The van der Waals surface area contributed by atoms with Crippen LogP contribution in [-0.2, 0) is 27.1 Å². The van der Waals surface area contributed by atoms with Crippen LogP contribution < -0.4 is 9.47 Å². The minimum Gasteiger partial charge on any atom is -0.508 e. The minimum atomic E-state index is -0.933. The molecule has 0 spiro atoms. The Kier molecular flexibility index (Phi) is 7.85. The standard InChI is InChI=1S/C21H24O8/c1-5-15-16(9-10-25-2)19(13-7-6-8-14(22)11-13)18(29-21(24)27-4)12-17(15)28-20(23)26-3/h6-8,11-12,22H,5,9-10H2,1-4H3. The number of carbonyl (C=O) groups is 2. The van der Waals surface area contributed by atoms with Gasteiger partial charge in [0.25, 0.3) is 0 Å². The van der Waals surface area contributed by atoms with Crippen LogP contribution in [-0.4, -0.2) is 45.4 Å². The highest BCUT2D eigenvalue weighted by atomic mass is 16.7. The van der Waals surface area contributed by atoms with Gasteiger partial charge in [-0.25, -0.2) is 9.59 Å². The van der Waals surface area contributed by atoms with Crippen molar-refractivity contribution in [2.45, 2.75) is 19.8 Å². The Morgan fingerprint density at radius 2 is 1.59 bits per heavy atom. The third-order valence-electron chi connectivity index (χ3n) is 4.24. The zero-order valence-corrected chi connectivity index (χ0v) is 16.8. The number of phenols is 1. The van der Waals surface area contributed by atoms with Gasteiger partial charge in [0.2, 0.25) is 0 Å². The summed E-state index contributed by atoms with van der Waals surface area (Å²) in [6.45, 7) is 2.28. The summed E-state index contributed by atoms with van der Waals surface area (Å²) in [6, 6.07) is 7.97. The van der Waals surface area contributed by atoms with E-state index in [-0.39, 0.29) is 17.2 Å². The summed E-state index contributed by atoms with van der Waals surface area (Å²) in [4.78, 5) is 23.6. The lowest BCUT2D eigenvalue weighted by Crippen LogP contribution is -2.14. The molecule has 0 fully saturated rings. The van der Waals surface area contributed by atoms with Gasteiger partial charge in [0.05, 0.1) is 20.8 Å². The van der Waals surface area contributed by atoms with Crippen molar-refractivity contribution in [3.8, 4) is 28.4 Å². The van der Waals surface area contributed by atoms with Crippen LogP contribution in [0, 0.1) is 0 Å². The molecule has 0 aliphatic carbocycles. The molecular weight excluding hydrogens is 380 g/mol. The van der Waals surface area contributed by atoms with Crippen molar-refractivity contribution in [1.82, 2.24) is 0 Å². The van der Waals surface area contributed by atoms with Gasteiger partial charge in [0.15, 0.2) is 0 Å². The molecule has 0 saturated heterocycles. The number of phenolic OH excluding ortho intramolecular Hbond substituents is 1. The molecule has 0 saturated carbocycles. The Morgan fingerprint density at radius 3 is 2.14 bits per heavy atom. The van der Waals surface area contributed by atoms with E-state index in [1.807, 2.05) is 6.92 Å². The predicted molar refractivity (Wildman–Crippen MR) is 105 cm³/mol. The predicted octanol–water partition coefficient (Wildman–Crippen LogP) is 4.10. The highest BCUT2D eigenvalue weighted by Gasteiger charge is 2.24. The molecule has 0 atom stereocenters. The molecule has 0 amide bonds.